The van der Waals surface area contributed by atoms with Gasteiger partial charge in [0.25, 0.3) is 0 Å². The van der Waals surface area contributed by atoms with Gasteiger partial charge >= 0.3 is 36.0 Å². The van der Waals surface area contributed by atoms with Gasteiger partial charge < -0.3 is 57.4 Å². The highest BCUT2D eigenvalue weighted by molar-refractivity contribution is 5.89. The minimum absolute atomic E-state index is 0.0335. The molecule has 0 aliphatic carbocycles. The monoisotopic (exact) mass is 1210 g/mol. The Hall–Kier alpha value is -8.56. The number of nitrogens with zero attached hydrogens (tertiary/aromatic N) is 7. The zero-order chi connectivity index (χ0) is 62.1. The molecule has 7 rings (SSSR count). The van der Waals surface area contributed by atoms with Gasteiger partial charge in [0.1, 0.15) is 73.0 Å². The summed E-state index contributed by atoms with van der Waals surface area (Å²) >= 11 is 0. The summed E-state index contributed by atoms with van der Waals surface area (Å²) in [6.45, 7) is 1.71. The summed E-state index contributed by atoms with van der Waals surface area (Å²) in [5, 5.41) is 3.38. The van der Waals surface area contributed by atoms with Crippen molar-refractivity contribution in [1.29, 1.82) is 0 Å². The quantitative estimate of drug-likeness (QED) is 0.0236. The molecule has 0 bridgehead atoms. The first-order valence-electron chi connectivity index (χ1n) is 27.9. The van der Waals surface area contributed by atoms with Gasteiger partial charge in [-0.05, 0) is 65.1 Å². The number of hydrogen-bond acceptors (Lipinski definition) is 18. The summed E-state index contributed by atoms with van der Waals surface area (Å²) in [5.41, 5.74) is 5.11. The maximum Gasteiger partial charge on any atom is 0.411 e. The van der Waals surface area contributed by atoms with Crippen molar-refractivity contribution in [2.45, 2.75) is 59.3 Å². The second-order valence-corrected chi connectivity index (χ2v) is 21.0. The Morgan fingerprint density at radius 2 is 0.966 bits per heavy atom. The summed E-state index contributed by atoms with van der Waals surface area (Å²) in [6, 6.07) is 38.2. The van der Waals surface area contributed by atoms with Crippen molar-refractivity contribution in [2.24, 2.45) is 5.41 Å². The first-order chi connectivity index (χ1) is 42.2. The number of carbonyl (C=O) groups excluding carboxylic acids is 5. The molecule has 1 N–H and O–H groups in total. The van der Waals surface area contributed by atoms with Crippen LogP contribution in [0.3, 0.4) is 0 Å². The van der Waals surface area contributed by atoms with Gasteiger partial charge in [-0.15, -0.1) is 0 Å². The lowest BCUT2D eigenvalue weighted by Crippen LogP contribution is -2.57. The van der Waals surface area contributed by atoms with Crippen molar-refractivity contribution in [1.82, 2.24) is 33.6 Å². The molecule has 0 spiro atoms. The maximum atomic E-state index is 13.9. The number of imidazole rings is 1. The third-order valence-corrected chi connectivity index (χ3v) is 13.8. The molecule has 1 saturated heterocycles. The lowest BCUT2D eigenvalue weighted by atomic mass is 9.94. The number of benzene rings is 5. The van der Waals surface area contributed by atoms with E-state index in [-0.39, 0.29) is 118 Å². The fourth-order valence-corrected chi connectivity index (χ4v) is 9.38. The van der Waals surface area contributed by atoms with Crippen LogP contribution in [0.1, 0.15) is 45.1 Å². The van der Waals surface area contributed by atoms with E-state index >= 15 is 0 Å². The highest BCUT2D eigenvalue weighted by Crippen LogP contribution is 2.24. The lowest BCUT2D eigenvalue weighted by molar-refractivity contribution is -0.0492. The van der Waals surface area contributed by atoms with Gasteiger partial charge in [0.15, 0.2) is 0 Å². The van der Waals surface area contributed by atoms with Crippen LogP contribution in [0.4, 0.5) is 24.9 Å². The van der Waals surface area contributed by atoms with Crippen LogP contribution < -0.4 is 11.0 Å². The second-order valence-electron chi connectivity index (χ2n) is 21.0. The number of fused-ring (bicyclic) bond motifs is 1. The Morgan fingerprint density at radius 3 is 1.45 bits per heavy atom. The predicted octanol–water partition coefficient (Wildman–Crippen LogP) is 7.70. The largest absolute Gasteiger partial charge is 0.455 e. The molecule has 1 fully saturated rings. The average molecular weight is 1210 g/mol. The van der Waals surface area contributed by atoms with Crippen molar-refractivity contribution in [2.75, 3.05) is 115 Å². The van der Waals surface area contributed by atoms with Crippen molar-refractivity contribution in [3.05, 3.63) is 171 Å². The molecule has 1 unspecified atom stereocenters. The fourth-order valence-electron chi connectivity index (χ4n) is 9.38. The third kappa shape index (κ3) is 19.2. The van der Waals surface area contributed by atoms with Gasteiger partial charge in [-0.3, -0.25) is 33.6 Å². The zero-order valence-corrected chi connectivity index (χ0v) is 50.3. The summed E-state index contributed by atoms with van der Waals surface area (Å²) in [7, 11) is 8.89. The molecular weight excluding hydrogens is 1130 g/mol. The third-order valence-electron chi connectivity index (χ3n) is 13.8. The number of nitrogens with one attached hydrogen (secondary N) is 1. The molecule has 5 amide bonds. The van der Waals surface area contributed by atoms with Gasteiger partial charge in [-0.25, -0.2) is 28.8 Å². The SMILES string of the molecule is COCN(Cc1ccccc1)C(=O)OCC(C)(COC(=O)N(COC)Cc1ccccc1)COC(=O)N(COC)Cc1ccc(COCN2CC(OC(=O)c3ccc(CNc4ccc5c(c4)n(COC)c(=O)n5COC)cc3)CN(COC)C2=O)cc1. The van der Waals surface area contributed by atoms with E-state index < -0.39 is 35.8 Å². The zero-order valence-electron chi connectivity index (χ0n) is 50.3. The van der Waals surface area contributed by atoms with E-state index in [0.29, 0.717) is 23.1 Å². The number of esters is 1. The molecule has 1 atom stereocenters. The Kier molecular flexibility index (Phi) is 25.3. The molecule has 6 aromatic rings. The molecule has 25 nitrogen and oxygen atoms in total. The number of carbonyl (C=O) groups is 5. The van der Waals surface area contributed by atoms with Crippen LogP contribution in [0, 0.1) is 5.41 Å². The first-order valence-corrected chi connectivity index (χ1v) is 27.9. The molecule has 2 heterocycles. The van der Waals surface area contributed by atoms with Gasteiger partial charge in [0, 0.05) is 54.9 Å². The van der Waals surface area contributed by atoms with Crippen molar-refractivity contribution >= 4 is 47.0 Å². The highest BCUT2D eigenvalue weighted by atomic mass is 16.6. The van der Waals surface area contributed by atoms with Gasteiger partial charge in [0.05, 0.1) is 61.3 Å². The molecule has 1 aromatic heterocycles. The number of urea groups is 1. The van der Waals surface area contributed by atoms with Crippen LogP contribution in [0.5, 0.6) is 0 Å². The van der Waals surface area contributed by atoms with E-state index in [0.717, 1.165) is 33.5 Å². The van der Waals surface area contributed by atoms with Crippen molar-refractivity contribution in [3.8, 4) is 0 Å². The summed E-state index contributed by atoms with van der Waals surface area (Å²) in [4.78, 5) is 87.9. The smallest absolute Gasteiger partial charge is 0.411 e. The first kappa shape index (κ1) is 66.0. The van der Waals surface area contributed by atoms with Crippen LogP contribution in [0.2, 0.25) is 0 Å². The van der Waals surface area contributed by atoms with E-state index in [1.807, 2.05) is 115 Å². The van der Waals surface area contributed by atoms with Crippen LogP contribution in [-0.2, 0) is 98.4 Å². The van der Waals surface area contributed by atoms with E-state index in [2.05, 4.69) is 5.32 Å². The number of ether oxygens (including phenoxy) is 11. The normalized spacial score (nSPS) is 13.3. The average Bonchev–Trinajstić information content (AvgIpc) is 1.91. The van der Waals surface area contributed by atoms with Gasteiger partial charge in [0.2, 0.25) is 0 Å². The summed E-state index contributed by atoms with van der Waals surface area (Å²) in [5.74, 6) is -0.559. The van der Waals surface area contributed by atoms with E-state index in [1.54, 1.807) is 19.1 Å². The molecule has 1 aliphatic heterocycles. The number of aromatic nitrogens is 2. The molecule has 25 heteroatoms. The Labute approximate surface area is 505 Å². The second kappa shape index (κ2) is 33.4. The number of methoxy groups -OCH3 is 6. The molecule has 5 aromatic carbocycles. The maximum absolute atomic E-state index is 13.9. The minimum atomic E-state index is -1.24. The van der Waals surface area contributed by atoms with Crippen LogP contribution in [-0.4, -0.2) is 179 Å². The predicted molar refractivity (Wildman–Crippen MR) is 317 cm³/mol. The van der Waals surface area contributed by atoms with Gasteiger partial charge in [-0.2, -0.15) is 0 Å². The number of anilines is 1. The van der Waals surface area contributed by atoms with Gasteiger partial charge in [-0.1, -0.05) is 97.1 Å². The Balaban J connectivity index is 0.914. The van der Waals surface area contributed by atoms with E-state index in [9.17, 15) is 28.8 Å². The lowest BCUT2D eigenvalue weighted by Gasteiger charge is -2.38. The minimum Gasteiger partial charge on any atom is -0.455 e. The molecule has 1 aliphatic rings. The summed E-state index contributed by atoms with van der Waals surface area (Å²) < 4.78 is 64.3. The molecular formula is C62H78N8O17. The Bertz CT molecular complexity index is 3140. The molecule has 468 valence electrons. The molecule has 0 saturated carbocycles. The van der Waals surface area contributed by atoms with Crippen LogP contribution in [0.15, 0.2) is 132 Å². The van der Waals surface area contributed by atoms with Crippen molar-refractivity contribution < 1.29 is 76.1 Å². The van der Waals surface area contributed by atoms with Crippen molar-refractivity contribution in [3.63, 3.8) is 0 Å². The summed E-state index contributed by atoms with van der Waals surface area (Å²) in [6.07, 6.45) is -2.84. The van der Waals surface area contributed by atoms with E-state index in [4.69, 9.17) is 52.1 Å². The number of rotatable bonds is 33. The number of hydrogen-bond donors (Lipinski definition) is 1. The topological polar surface area (TPSA) is 242 Å². The van der Waals surface area contributed by atoms with Crippen LogP contribution in [0.25, 0.3) is 11.0 Å². The van der Waals surface area contributed by atoms with Crippen LogP contribution >= 0.6 is 0 Å². The fraction of sp³-hybridized carbons (Fsp3) is 0.419. The highest BCUT2D eigenvalue weighted by Gasteiger charge is 2.36. The Morgan fingerprint density at radius 1 is 0.517 bits per heavy atom. The standard InChI is InChI=1S/C62H78N8O17/c1-62(36-84-59(74)66(40-78-3)30-47-14-10-8-11-15-47,37-85-60(75)67(41-79-4)31-48-16-12-9-13-17-48)38-86-61(76)68(42-80-5)32-49-18-20-50(21-19-49)35-83-43-65-34-53(33-64(39-77-2)57(65)72)87-56(71)51-24-22-46(23-25-51)29-63-52-26-27-54-55(28-52)70(45-82-7)58(73)69(54)44-81-6/h8-28,53,63H,29-45H2,1-7H3. The molecule has 87 heavy (non-hydrogen) atoms. The number of amides is 5. The molecule has 0 radical (unpaired) electrons. The van der Waals surface area contributed by atoms with E-state index in [1.165, 1.54) is 76.3 Å².